The zero-order valence-corrected chi connectivity index (χ0v) is 13.7. The smallest absolute Gasteiger partial charge is 0.0744 e. The highest BCUT2D eigenvalue weighted by molar-refractivity contribution is 6.15. The summed E-state index contributed by atoms with van der Waals surface area (Å²) in [4.78, 5) is 9.97. The van der Waals surface area contributed by atoms with Crippen molar-refractivity contribution in [2.45, 2.75) is 37.6 Å². The van der Waals surface area contributed by atoms with Gasteiger partial charge in [0.15, 0.2) is 0 Å². The lowest BCUT2D eigenvalue weighted by Crippen LogP contribution is -2.32. The third-order valence-electron chi connectivity index (χ3n) is 5.54. The lowest BCUT2D eigenvalue weighted by Gasteiger charge is -2.32. The molecule has 3 aromatic rings. The van der Waals surface area contributed by atoms with E-state index in [0.717, 1.165) is 23.2 Å². The molecule has 0 saturated heterocycles. The maximum atomic E-state index is 5.31. The number of fused-ring (bicyclic) bond motifs is 2. The predicted molar refractivity (Wildman–Crippen MR) is 98.7 cm³/mol. The van der Waals surface area contributed by atoms with Crippen molar-refractivity contribution in [2.24, 2.45) is 4.99 Å². The van der Waals surface area contributed by atoms with E-state index < -0.39 is 0 Å². The lowest BCUT2D eigenvalue weighted by atomic mass is 9.82. The number of para-hydroxylation sites is 1. The Kier molecular flexibility index (Phi) is 3.05. The highest BCUT2D eigenvalue weighted by atomic mass is 14.9. The molecule has 1 spiro atoms. The minimum absolute atomic E-state index is 0.120. The average molecular weight is 312 g/mol. The van der Waals surface area contributed by atoms with Crippen LogP contribution in [0.25, 0.3) is 10.9 Å². The molecule has 0 bridgehead atoms. The van der Waals surface area contributed by atoms with Crippen LogP contribution >= 0.6 is 0 Å². The standard InChI is InChI=1S/C22H20N2/c1-3-9-19-17(8-1)14-22(11-5-6-12-22)24-21(19)18-13-16-7-2-4-10-20(16)23-15-18/h1-4,7-10,13,15H,5-6,11-12,14H2. The molecule has 1 aromatic heterocycles. The van der Waals surface area contributed by atoms with Crippen molar-refractivity contribution in [1.29, 1.82) is 0 Å². The van der Waals surface area contributed by atoms with Gasteiger partial charge in [-0.05, 0) is 37.0 Å². The number of aliphatic imine (C=N–C) groups is 1. The maximum absolute atomic E-state index is 5.31. The van der Waals surface area contributed by atoms with E-state index in [9.17, 15) is 0 Å². The van der Waals surface area contributed by atoms with Gasteiger partial charge in [-0.3, -0.25) is 9.98 Å². The van der Waals surface area contributed by atoms with Gasteiger partial charge in [-0.15, -0.1) is 0 Å². The number of nitrogens with zero attached hydrogens (tertiary/aromatic N) is 2. The molecule has 2 heterocycles. The molecule has 0 radical (unpaired) electrons. The van der Waals surface area contributed by atoms with Crippen LogP contribution in [0.2, 0.25) is 0 Å². The van der Waals surface area contributed by atoms with Gasteiger partial charge in [0.2, 0.25) is 0 Å². The van der Waals surface area contributed by atoms with Crippen LogP contribution in [0.5, 0.6) is 0 Å². The fourth-order valence-electron chi connectivity index (χ4n) is 4.34. The summed E-state index contributed by atoms with van der Waals surface area (Å²) in [5, 5.41) is 1.18. The monoisotopic (exact) mass is 312 g/mol. The van der Waals surface area contributed by atoms with Crippen LogP contribution in [0.4, 0.5) is 0 Å². The molecule has 0 N–H and O–H groups in total. The summed E-state index contributed by atoms with van der Waals surface area (Å²) in [7, 11) is 0. The van der Waals surface area contributed by atoms with Crippen LogP contribution in [0.15, 0.2) is 65.8 Å². The largest absolute Gasteiger partial charge is 0.277 e. The second-order valence-electron chi connectivity index (χ2n) is 7.14. The number of aromatic nitrogens is 1. The molecule has 118 valence electrons. The molecule has 24 heavy (non-hydrogen) atoms. The molecule has 1 aliphatic carbocycles. The molecule has 1 saturated carbocycles. The maximum Gasteiger partial charge on any atom is 0.0744 e. The topological polar surface area (TPSA) is 25.2 Å². The first-order valence-electron chi connectivity index (χ1n) is 8.86. The first-order chi connectivity index (χ1) is 11.8. The fourth-order valence-corrected chi connectivity index (χ4v) is 4.34. The zero-order chi connectivity index (χ0) is 16.0. The molecular weight excluding hydrogens is 292 g/mol. The lowest BCUT2D eigenvalue weighted by molar-refractivity contribution is 0.435. The zero-order valence-electron chi connectivity index (χ0n) is 13.7. The van der Waals surface area contributed by atoms with Crippen molar-refractivity contribution in [3.8, 4) is 0 Å². The molecule has 0 atom stereocenters. The third-order valence-corrected chi connectivity index (χ3v) is 5.54. The third kappa shape index (κ3) is 2.17. The highest BCUT2D eigenvalue weighted by Crippen LogP contribution is 2.41. The molecule has 5 rings (SSSR count). The van der Waals surface area contributed by atoms with Gasteiger partial charge >= 0.3 is 0 Å². The van der Waals surface area contributed by atoms with Gasteiger partial charge in [-0.25, -0.2) is 0 Å². The average Bonchev–Trinajstić information content (AvgIpc) is 3.08. The summed E-state index contributed by atoms with van der Waals surface area (Å²) < 4.78 is 0. The van der Waals surface area contributed by atoms with E-state index in [2.05, 4.69) is 53.5 Å². The van der Waals surface area contributed by atoms with Gasteiger partial charge in [0.1, 0.15) is 0 Å². The Balaban J connectivity index is 1.71. The van der Waals surface area contributed by atoms with E-state index >= 15 is 0 Å². The van der Waals surface area contributed by atoms with Crippen molar-refractivity contribution in [2.75, 3.05) is 0 Å². The Morgan fingerprint density at radius 1 is 0.875 bits per heavy atom. The number of hydrogen-bond donors (Lipinski definition) is 0. The number of benzene rings is 2. The minimum atomic E-state index is 0.120. The fraction of sp³-hybridized carbons (Fsp3) is 0.273. The molecule has 2 aliphatic rings. The summed E-state index contributed by atoms with van der Waals surface area (Å²) in [6, 6.07) is 19.3. The number of rotatable bonds is 1. The molecule has 1 fully saturated rings. The van der Waals surface area contributed by atoms with Crippen LogP contribution in [0, 0.1) is 0 Å². The molecule has 1 aliphatic heterocycles. The second kappa shape index (κ2) is 5.27. The van der Waals surface area contributed by atoms with Crippen molar-refractivity contribution < 1.29 is 0 Å². The van der Waals surface area contributed by atoms with E-state index in [-0.39, 0.29) is 5.54 Å². The van der Waals surface area contributed by atoms with E-state index in [0.29, 0.717) is 0 Å². The van der Waals surface area contributed by atoms with E-state index in [1.807, 2.05) is 12.3 Å². The van der Waals surface area contributed by atoms with E-state index in [4.69, 9.17) is 4.99 Å². The number of hydrogen-bond acceptors (Lipinski definition) is 2. The molecule has 2 heteroatoms. The number of pyridine rings is 1. The van der Waals surface area contributed by atoms with E-state index in [1.54, 1.807) is 0 Å². The van der Waals surface area contributed by atoms with Crippen molar-refractivity contribution >= 4 is 16.6 Å². The van der Waals surface area contributed by atoms with E-state index in [1.165, 1.54) is 42.2 Å². The Hall–Kier alpha value is -2.48. The van der Waals surface area contributed by atoms with Crippen LogP contribution in [0.3, 0.4) is 0 Å². The minimum Gasteiger partial charge on any atom is -0.277 e. The van der Waals surface area contributed by atoms with Crippen molar-refractivity contribution in [3.63, 3.8) is 0 Å². The first kappa shape index (κ1) is 13.9. The normalized spacial score (nSPS) is 18.6. The molecule has 0 amide bonds. The highest BCUT2D eigenvalue weighted by Gasteiger charge is 2.38. The van der Waals surface area contributed by atoms with Crippen LogP contribution in [0.1, 0.15) is 42.4 Å². The van der Waals surface area contributed by atoms with Gasteiger partial charge in [-0.1, -0.05) is 55.3 Å². The molecule has 2 nitrogen and oxygen atoms in total. The van der Waals surface area contributed by atoms with Gasteiger partial charge in [-0.2, -0.15) is 0 Å². The summed E-state index contributed by atoms with van der Waals surface area (Å²) >= 11 is 0. The van der Waals surface area contributed by atoms with Crippen LogP contribution in [-0.4, -0.2) is 16.2 Å². The molecular formula is C22H20N2. The predicted octanol–water partition coefficient (Wildman–Crippen LogP) is 4.94. The first-order valence-corrected chi connectivity index (χ1v) is 8.86. The Morgan fingerprint density at radius 3 is 2.58 bits per heavy atom. The second-order valence-corrected chi connectivity index (χ2v) is 7.14. The molecule has 0 unspecified atom stereocenters. The Morgan fingerprint density at radius 2 is 1.67 bits per heavy atom. The summed E-state index contributed by atoms with van der Waals surface area (Å²) in [6.45, 7) is 0. The van der Waals surface area contributed by atoms with Crippen molar-refractivity contribution in [3.05, 3.63) is 77.5 Å². The summed E-state index contributed by atoms with van der Waals surface area (Å²) in [5.41, 5.74) is 6.17. The van der Waals surface area contributed by atoms with Gasteiger partial charge in [0.05, 0.1) is 16.8 Å². The Labute approximate surface area is 142 Å². The quantitative estimate of drug-likeness (QED) is 0.624. The van der Waals surface area contributed by atoms with Gasteiger partial charge in [0.25, 0.3) is 0 Å². The van der Waals surface area contributed by atoms with Gasteiger partial charge < -0.3 is 0 Å². The van der Waals surface area contributed by atoms with Crippen molar-refractivity contribution in [1.82, 2.24) is 4.98 Å². The Bertz CT molecular complexity index is 949. The summed E-state index contributed by atoms with van der Waals surface area (Å²) in [5.74, 6) is 0. The SMILES string of the molecule is c1ccc2c(c1)CC1(CCCC1)N=C2c1cnc2ccccc2c1. The summed E-state index contributed by atoms with van der Waals surface area (Å²) in [6.07, 6.45) is 8.11. The molecule has 2 aromatic carbocycles. The van der Waals surface area contributed by atoms with Crippen LogP contribution in [-0.2, 0) is 6.42 Å². The van der Waals surface area contributed by atoms with Gasteiger partial charge in [0, 0.05) is 22.7 Å². The van der Waals surface area contributed by atoms with Crippen LogP contribution < -0.4 is 0 Å².